The number of rotatable bonds is 12. The molecule has 17 heavy (non-hydrogen) atoms. The van der Waals surface area contributed by atoms with Crippen molar-refractivity contribution < 1.29 is 9.90 Å². The molecule has 0 rings (SSSR count). The van der Waals surface area contributed by atoms with E-state index < -0.39 is 5.97 Å². The first-order valence-electron chi connectivity index (χ1n) is 7.14. The Labute approximate surface area is 106 Å². The normalized spacial score (nSPS) is 12.6. The molecule has 102 valence electrons. The van der Waals surface area contributed by atoms with E-state index in [-0.39, 0.29) is 12.5 Å². The second-order valence-corrected chi connectivity index (χ2v) is 4.96. The first-order chi connectivity index (χ1) is 8.16. The summed E-state index contributed by atoms with van der Waals surface area (Å²) in [6.45, 7) is 2.23. The Balaban J connectivity index is 3.16. The van der Waals surface area contributed by atoms with Crippen LogP contribution in [0.3, 0.4) is 0 Å². The Morgan fingerprint density at radius 3 is 2.12 bits per heavy atom. The lowest BCUT2D eigenvalue weighted by Crippen LogP contribution is -2.19. The SMILES string of the molecule is CCCCCCCCCC(N)CCCC(=O)O. The van der Waals surface area contributed by atoms with Crippen LogP contribution in [0.5, 0.6) is 0 Å². The number of carboxylic acids is 1. The van der Waals surface area contributed by atoms with Gasteiger partial charge in [-0.1, -0.05) is 51.9 Å². The Kier molecular flexibility index (Phi) is 11.5. The number of nitrogens with two attached hydrogens (primary N) is 1. The minimum atomic E-state index is -0.715. The molecule has 0 aromatic rings. The average Bonchev–Trinajstić information content (AvgIpc) is 2.27. The maximum atomic E-state index is 10.3. The Morgan fingerprint density at radius 1 is 1.00 bits per heavy atom. The number of aliphatic carboxylic acids is 1. The Bertz CT molecular complexity index is 183. The molecule has 0 aliphatic heterocycles. The third-order valence-corrected chi connectivity index (χ3v) is 3.14. The van der Waals surface area contributed by atoms with Crippen molar-refractivity contribution in [2.45, 2.75) is 83.6 Å². The summed E-state index contributed by atoms with van der Waals surface area (Å²) in [6, 6.07) is 0.199. The predicted octanol–water partition coefficient (Wildman–Crippen LogP) is 3.71. The highest BCUT2D eigenvalue weighted by molar-refractivity contribution is 5.66. The highest BCUT2D eigenvalue weighted by atomic mass is 16.4. The van der Waals surface area contributed by atoms with E-state index in [0.717, 1.165) is 12.8 Å². The molecule has 0 fully saturated rings. The fourth-order valence-corrected chi connectivity index (χ4v) is 2.02. The molecule has 0 aliphatic rings. The van der Waals surface area contributed by atoms with Crippen molar-refractivity contribution in [3.8, 4) is 0 Å². The highest BCUT2D eigenvalue weighted by Crippen LogP contribution is 2.11. The quantitative estimate of drug-likeness (QED) is 0.514. The number of unbranched alkanes of at least 4 members (excludes halogenated alkanes) is 6. The molecule has 3 heteroatoms. The van der Waals surface area contributed by atoms with Crippen molar-refractivity contribution in [1.82, 2.24) is 0 Å². The molecular weight excluding hydrogens is 214 g/mol. The van der Waals surface area contributed by atoms with Gasteiger partial charge >= 0.3 is 5.97 Å². The van der Waals surface area contributed by atoms with Gasteiger partial charge in [-0.05, 0) is 19.3 Å². The first-order valence-corrected chi connectivity index (χ1v) is 7.14. The first kappa shape index (κ1) is 16.4. The minimum absolute atomic E-state index is 0.199. The fraction of sp³-hybridized carbons (Fsp3) is 0.929. The van der Waals surface area contributed by atoms with Crippen LogP contribution in [0.25, 0.3) is 0 Å². The molecule has 0 radical (unpaired) electrons. The van der Waals surface area contributed by atoms with E-state index >= 15 is 0 Å². The summed E-state index contributed by atoms with van der Waals surface area (Å²) in [4.78, 5) is 10.3. The molecule has 0 saturated carbocycles. The van der Waals surface area contributed by atoms with Gasteiger partial charge in [-0.3, -0.25) is 4.79 Å². The zero-order valence-electron chi connectivity index (χ0n) is 11.3. The molecule has 0 aromatic heterocycles. The van der Waals surface area contributed by atoms with Gasteiger partial charge in [0.05, 0.1) is 0 Å². The number of hydrogen-bond donors (Lipinski definition) is 2. The Hall–Kier alpha value is -0.570. The van der Waals surface area contributed by atoms with Crippen molar-refractivity contribution >= 4 is 5.97 Å². The van der Waals surface area contributed by atoms with Crippen molar-refractivity contribution in [2.24, 2.45) is 5.73 Å². The van der Waals surface area contributed by atoms with Crippen LogP contribution in [-0.2, 0) is 4.79 Å². The van der Waals surface area contributed by atoms with Crippen LogP contribution in [-0.4, -0.2) is 17.1 Å². The molecule has 0 aliphatic carbocycles. The third kappa shape index (κ3) is 13.4. The van der Waals surface area contributed by atoms with Gasteiger partial charge in [-0.2, -0.15) is 0 Å². The lowest BCUT2D eigenvalue weighted by Gasteiger charge is -2.10. The van der Waals surface area contributed by atoms with Gasteiger partial charge in [0.25, 0.3) is 0 Å². The smallest absolute Gasteiger partial charge is 0.303 e. The second-order valence-electron chi connectivity index (χ2n) is 4.96. The lowest BCUT2D eigenvalue weighted by atomic mass is 10.0. The molecule has 3 N–H and O–H groups in total. The van der Waals surface area contributed by atoms with E-state index in [1.165, 1.54) is 44.9 Å². The van der Waals surface area contributed by atoms with Crippen LogP contribution in [0.1, 0.15) is 77.6 Å². The van der Waals surface area contributed by atoms with E-state index in [2.05, 4.69) is 6.92 Å². The van der Waals surface area contributed by atoms with Crippen LogP contribution >= 0.6 is 0 Å². The van der Waals surface area contributed by atoms with Crippen LogP contribution in [0.15, 0.2) is 0 Å². The van der Waals surface area contributed by atoms with E-state index in [9.17, 15) is 4.79 Å². The average molecular weight is 243 g/mol. The standard InChI is InChI=1S/C14H29NO2/c1-2-3-4-5-6-7-8-10-13(15)11-9-12-14(16)17/h13H,2-12,15H2,1H3,(H,16,17). The van der Waals surface area contributed by atoms with Crippen LogP contribution < -0.4 is 5.73 Å². The zero-order valence-corrected chi connectivity index (χ0v) is 11.3. The van der Waals surface area contributed by atoms with E-state index in [0.29, 0.717) is 6.42 Å². The van der Waals surface area contributed by atoms with Gasteiger partial charge < -0.3 is 10.8 Å². The van der Waals surface area contributed by atoms with Crippen LogP contribution in [0.4, 0.5) is 0 Å². The topological polar surface area (TPSA) is 63.3 Å². The summed E-state index contributed by atoms with van der Waals surface area (Å²) < 4.78 is 0. The van der Waals surface area contributed by atoms with Gasteiger partial charge in [0.15, 0.2) is 0 Å². The number of carbonyl (C=O) groups is 1. The maximum absolute atomic E-state index is 10.3. The lowest BCUT2D eigenvalue weighted by molar-refractivity contribution is -0.137. The molecule has 1 atom stereocenters. The highest BCUT2D eigenvalue weighted by Gasteiger charge is 2.04. The number of hydrogen-bond acceptors (Lipinski definition) is 2. The largest absolute Gasteiger partial charge is 0.481 e. The molecule has 0 saturated heterocycles. The van der Waals surface area contributed by atoms with Gasteiger partial charge in [-0.25, -0.2) is 0 Å². The number of carboxylic acid groups (broad SMARTS) is 1. The molecule has 0 spiro atoms. The monoisotopic (exact) mass is 243 g/mol. The third-order valence-electron chi connectivity index (χ3n) is 3.14. The van der Waals surface area contributed by atoms with Crippen molar-refractivity contribution in [3.05, 3.63) is 0 Å². The summed E-state index contributed by atoms with van der Waals surface area (Å²) in [6.07, 6.45) is 12.0. The fourth-order valence-electron chi connectivity index (χ4n) is 2.02. The van der Waals surface area contributed by atoms with Gasteiger partial charge in [0, 0.05) is 12.5 Å². The molecule has 0 heterocycles. The maximum Gasteiger partial charge on any atom is 0.303 e. The predicted molar refractivity (Wildman–Crippen MR) is 72.1 cm³/mol. The van der Waals surface area contributed by atoms with E-state index in [1.54, 1.807) is 0 Å². The molecule has 0 bridgehead atoms. The summed E-state index contributed by atoms with van der Waals surface area (Å²) in [5.41, 5.74) is 5.93. The van der Waals surface area contributed by atoms with Crippen molar-refractivity contribution in [2.75, 3.05) is 0 Å². The molecule has 0 amide bonds. The summed E-state index contributed by atoms with van der Waals surface area (Å²) >= 11 is 0. The molecule has 0 aromatic carbocycles. The van der Waals surface area contributed by atoms with Crippen LogP contribution in [0, 0.1) is 0 Å². The summed E-state index contributed by atoms with van der Waals surface area (Å²) in [5.74, 6) is -0.715. The van der Waals surface area contributed by atoms with Gasteiger partial charge in [-0.15, -0.1) is 0 Å². The molecule has 3 nitrogen and oxygen atoms in total. The minimum Gasteiger partial charge on any atom is -0.481 e. The van der Waals surface area contributed by atoms with E-state index in [1.807, 2.05) is 0 Å². The molecular formula is C14H29NO2. The second kappa shape index (κ2) is 11.9. The van der Waals surface area contributed by atoms with Crippen molar-refractivity contribution in [3.63, 3.8) is 0 Å². The zero-order chi connectivity index (χ0) is 12.9. The van der Waals surface area contributed by atoms with Gasteiger partial charge in [0.2, 0.25) is 0 Å². The van der Waals surface area contributed by atoms with Gasteiger partial charge in [0.1, 0.15) is 0 Å². The summed E-state index contributed by atoms with van der Waals surface area (Å²) in [5, 5.41) is 8.50. The Morgan fingerprint density at radius 2 is 1.53 bits per heavy atom. The van der Waals surface area contributed by atoms with Crippen LogP contribution in [0.2, 0.25) is 0 Å². The molecule has 1 unspecified atom stereocenters. The van der Waals surface area contributed by atoms with Crippen molar-refractivity contribution in [1.29, 1.82) is 0 Å². The van der Waals surface area contributed by atoms with E-state index in [4.69, 9.17) is 10.8 Å². The summed E-state index contributed by atoms with van der Waals surface area (Å²) in [7, 11) is 0.